The number of rotatable bonds is 5. The molecule has 3 heteroatoms. The molecule has 0 spiro atoms. The van der Waals surface area contributed by atoms with Crippen molar-refractivity contribution in [2.75, 3.05) is 0 Å². The summed E-state index contributed by atoms with van der Waals surface area (Å²) in [6.07, 6.45) is 11.3. The van der Waals surface area contributed by atoms with Gasteiger partial charge in [0.15, 0.2) is 0 Å². The smallest absolute Gasteiger partial charge is 0.111 e. The minimum atomic E-state index is -0.524. The summed E-state index contributed by atoms with van der Waals surface area (Å²) in [6.45, 7) is 5.37. The third kappa shape index (κ3) is 2.77. The molecular formula is C15H26N2O. The van der Waals surface area contributed by atoms with Gasteiger partial charge in [0.05, 0.1) is 5.60 Å². The van der Waals surface area contributed by atoms with Gasteiger partial charge >= 0.3 is 0 Å². The maximum atomic E-state index is 10.9. The fourth-order valence-electron chi connectivity index (χ4n) is 3.34. The molecule has 2 rings (SSSR count). The third-order valence-electron chi connectivity index (χ3n) is 4.40. The van der Waals surface area contributed by atoms with Gasteiger partial charge in [0.25, 0.3) is 0 Å². The van der Waals surface area contributed by atoms with Gasteiger partial charge in [0.2, 0.25) is 0 Å². The van der Waals surface area contributed by atoms with E-state index in [2.05, 4.69) is 23.4 Å². The first-order valence-electron chi connectivity index (χ1n) is 7.42. The number of nitrogens with zero attached hydrogens (tertiary/aromatic N) is 2. The molecule has 1 fully saturated rings. The average molecular weight is 250 g/mol. The van der Waals surface area contributed by atoms with E-state index in [1.165, 1.54) is 12.8 Å². The molecule has 18 heavy (non-hydrogen) atoms. The summed E-state index contributed by atoms with van der Waals surface area (Å²) >= 11 is 0. The molecule has 1 aliphatic carbocycles. The van der Waals surface area contributed by atoms with E-state index < -0.39 is 5.60 Å². The number of imidazole rings is 1. The van der Waals surface area contributed by atoms with E-state index in [1.807, 2.05) is 12.4 Å². The second-order valence-corrected chi connectivity index (χ2v) is 5.67. The number of aromatic nitrogens is 2. The molecule has 1 heterocycles. The number of hydrogen-bond acceptors (Lipinski definition) is 2. The molecule has 102 valence electrons. The largest absolute Gasteiger partial charge is 0.389 e. The Labute approximate surface area is 110 Å². The summed E-state index contributed by atoms with van der Waals surface area (Å²) in [7, 11) is 0. The van der Waals surface area contributed by atoms with Gasteiger partial charge in [0, 0.05) is 25.4 Å². The standard InChI is InChI=1S/C15H26N2O/c1-3-10-17-11-9-16-14(17)12-15(18)8-6-5-7-13(15)4-2/h9,11,13,18H,3-8,10,12H2,1-2H3. The molecule has 1 N–H and O–H groups in total. The van der Waals surface area contributed by atoms with Crippen molar-refractivity contribution in [1.82, 2.24) is 9.55 Å². The second kappa shape index (κ2) is 5.87. The SMILES string of the molecule is CCCn1ccnc1CC1(O)CCCCC1CC. The zero-order valence-corrected chi connectivity index (χ0v) is 11.7. The lowest BCUT2D eigenvalue weighted by Crippen LogP contribution is -2.43. The topological polar surface area (TPSA) is 38.0 Å². The first-order valence-corrected chi connectivity index (χ1v) is 7.42. The van der Waals surface area contributed by atoms with E-state index >= 15 is 0 Å². The van der Waals surface area contributed by atoms with Crippen LogP contribution < -0.4 is 0 Å². The summed E-state index contributed by atoms with van der Waals surface area (Å²) in [5.41, 5.74) is -0.524. The Morgan fingerprint density at radius 2 is 2.28 bits per heavy atom. The van der Waals surface area contributed by atoms with E-state index in [4.69, 9.17) is 0 Å². The van der Waals surface area contributed by atoms with Crippen molar-refractivity contribution in [2.45, 2.75) is 70.9 Å². The van der Waals surface area contributed by atoms with Crippen LogP contribution in [0.1, 0.15) is 58.2 Å². The van der Waals surface area contributed by atoms with Crippen molar-refractivity contribution >= 4 is 0 Å². The predicted octanol–water partition coefficient (Wildman–Crippen LogP) is 3.17. The summed E-state index contributed by atoms with van der Waals surface area (Å²) in [5.74, 6) is 1.50. The maximum absolute atomic E-state index is 10.9. The van der Waals surface area contributed by atoms with E-state index in [1.54, 1.807) is 0 Å². The van der Waals surface area contributed by atoms with Crippen LogP contribution in [0.2, 0.25) is 0 Å². The highest BCUT2D eigenvalue weighted by molar-refractivity contribution is 5.02. The first-order chi connectivity index (χ1) is 8.69. The van der Waals surface area contributed by atoms with Gasteiger partial charge in [-0.2, -0.15) is 0 Å². The van der Waals surface area contributed by atoms with Gasteiger partial charge in [-0.3, -0.25) is 0 Å². The number of aryl methyl sites for hydroxylation is 1. The van der Waals surface area contributed by atoms with Gasteiger partial charge in [-0.1, -0.05) is 33.1 Å². The Hall–Kier alpha value is -0.830. The van der Waals surface area contributed by atoms with Crippen molar-refractivity contribution in [3.05, 3.63) is 18.2 Å². The van der Waals surface area contributed by atoms with E-state index in [0.717, 1.165) is 44.5 Å². The van der Waals surface area contributed by atoms with Crippen LogP contribution in [-0.4, -0.2) is 20.3 Å². The quantitative estimate of drug-likeness (QED) is 0.871. The summed E-state index contributed by atoms with van der Waals surface area (Å²) in [5, 5.41) is 10.9. The molecule has 0 aromatic carbocycles. The Morgan fingerprint density at radius 3 is 3.00 bits per heavy atom. The summed E-state index contributed by atoms with van der Waals surface area (Å²) < 4.78 is 2.19. The van der Waals surface area contributed by atoms with Crippen LogP contribution in [0.25, 0.3) is 0 Å². The molecule has 1 saturated carbocycles. The molecule has 2 unspecified atom stereocenters. The third-order valence-corrected chi connectivity index (χ3v) is 4.40. The zero-order valence-electron chi connectivity index (χ0n) is 11.7. The molecule has 1 aromatic rings. The molecule has 0 bridgehead atoms. The molecule has 0 saturated heterocycles. The fraction of sp³-hybridized carbons (Fsp3) is 0.800. The number of aliphatic hydroxyl groups is 1. The molecule has 1 aliphatic rings. The van der Waals surface area contributed by atoms with Gasteiger partial charge in [-0.05, 0) is 25.2 Å². The van der Waals surface area contributed by atoms with E-state index in [0.29, 0.717) is 5.92 Å². The molecule has 0 amide bonds. The minimum absolute atomic E-state index is 0.443. The highest BCUT2D eigenvalue weighted by atomic mass is 16.3. The van der Waals surface area contributed by atoms with E-state index in [-0.39, 0.29) is 0 Å². The van der Waals surface area contributed by atoms with Crippen LogP contribution in [-0.2, 0) is 13.0 Å². The lowest BCUT2D eigenvalue weighted by molar-refractivity contribution is -0.0510. The van der Waals surface area contributed by atoms with Gasteiger partial charge < -0.3 is 9.67 Å². The molecule has 0 radical (unpaired) electrons. The Bertz CT molecular complexity index is 374. The molecule has 3 nitrogen and oxygen atoms in total. The van der Waals surface area contributed by atoms with Crippen LogP contribution >= 0.6 is 0 Å². The van der Waals surface area contributed by atoms with Crippen molar-refractivity contribution in [3.63, 3.8) is 0 Å². The monoisotopic (exact) mass is 250 g/mol. The van der Waals surface area contributed by atoms with Crippen LogP contribution in [0.4, 0.5) is 0 Å². The average Bonchev–Trinajstić information content (AvgIpc) is 2.77. The Kier molecular flexibility index (Phi) is 4.44. The number of hydrogen-bond donors (Lipinski definition) is 1. The van der Waals surface area contributed by atoms with Crippen LogP contribution in [0.15, 0.2) is 12.4 Å². The second-order valence-electron chi connectivity index (χ2n) is 5.67. The molecule has 2 atom stereocenters. The normalized spacial score (nSPS) is 28.5. The van der Waals surface area contributed by atoms with Crippen molar-refractivity contribution < 1.29 is 5.11 Å². The van der Waals surface area contributed by atoms with Gasteiger partial charge in [-0.15, -0.1) is 0 Å². The Balaban J connectivity index is 2.12. The molecular weight excluding hydrogens is 224 g/mol. The highest BCUT2D eigenvalue weighted by Crippen LogP contribution is 2.37. The summed E-state index contributed by atoms with van der Waals surface area (Å²) in [4.78, 5) is 4.45. The van der Waals surface area contributed by atoms with Crippen LogP contribution in [0.5, 0.6) is 0 Å². The Morgan fingerprint density at radius 1 is 1.44 bits per heavy atom. The minimum Gasteiger partial charge on any atom is -0.389 e. The van der Waals surface area contributed by atoms with Crippen molar-refractivity contribution in [1.29, 1.82) is 0 Å². The lowest BCUT2D eigenvalue weighted by atomic mass is 9.72. The summed E-state index contributed by atoms with van der Waals surface area (Å²) in [6, 6.07) is 0. The molecule has 1 aromatic heterocycles. The zero-order chi connectivity index (χ0) is 13.0. The van der Waals surface area contributed by atoms with Crippen LogP contribution in [0, 0.1) is 5.92 Å². The van der Waals surface area contributed by atoms with Gasteiger partial charge in [0.1, 0.15) is 5.82 Å². The molecule has 0 aliphatic heterocycles. The van der Waals surface area contributed by atoms with E-state index in [9.17, 15) is 5.11 Å². The lowest BCUT2D eigenvalue weighted by Gasteiger charge is -2.39. The van der Waals surface area contributed by atoms with Crippen molar-refractivity contribution in [2.24, 2.45) is 5.92 Å². The van der Waals surface area contributed by atoms with Crippen LogP contribution in [0.3, 0.4) is 0 Å². The fourth-order valence-corrected chi connectivity index (χ4v) is 3.34. The maximum Gasteiger partial charge on any atom is 0.111 e. The predicted molar refractivity (Wildman–Crippen MR) is 73.4 cm³/mol. The van der Waals surface area contributed by atoms with Gasteiger partial charge in [-0.25, -0.2) is 4.98 Å². The van der Waals surface area contributed by atoms with Crippen molar-refractivity contribution in [3.8, 4) is 0 Å². The first kappa shape index (κ1) is 13.6. The highest BCUT2D eigenvalue weighted by Gasteiger charge is 2.38.